The quantitative estimate of drug-likeness (QED) is 0.662. The first-order valence-electron chi connectivity index (χ1n) is 7.32. The zero-order valence-electron chi connectivity index (χ0n) is 12.5. The minimum Gasteiger partial charge on any atom is -0.461 e. The number of rotatable bonds is 5. The topological polar surface area (TPSA) is 84.5 Å². The van der Waals surface area contributed by atoms with Crippen molar-refractivity contribution >= 4 is 12.1 Å². The maximum atomic E-state index is 12.0. The number of aromatic amines is 1. The standard InChI is InChI=1S/C14H21N3O4/c1-3-5-8-21-14(19)17-7-6-11-10(9-17)12(16-15-11)13(18)20-4-2/h3-9H2,1-2H3,(H,15,16). The van der Waals surface area contributed by atoms with E-state index in [1.807, 2.05) is 6.92 Å². The Morgan fingerprint density at radius 2 is 2.14 bits per heavy atom. The molecular formula is C14H21N3O4. The third kappa shape index (κ3) is 3.53. The van der Waals surface area contributed by atoms with Crippen molar-refractivity contribution in [1.82, 2.24) is 15.1 Å². The van der Waals surface area contributed by atoms with Crippen LogP contribution in [0.25, 0.3) is 0 Å². The summed E-state index contributed by atoms with van der Waals surface area (Å²) < 4.78 is 10.2. The number of hydrogen-bond acceptors (Lipinski definition) is 5. The van der Waals surface area contributed by atoms with E-state index in [1.54, 1.807) is 11.8 Å². The summed E-state index contributed by atoms with van der Waals surface area (Å²) in [7, 11) is 0. The lowest BCUT2D eigenvalue weighted by molar-refractivity contribution is 0.0514. The predicted octanol–water partition coefficient (Wildman–Crippen LogP) is 1.88. The third-order valence-corrected chi connectivity index (χ3v) is 3.38. The molecule has 2 rings (SSSR count). The van der Waals surface area contributed by atoms with Crippen LogP contribution >= 0.6 is 0 Å². The van der Waals surface area contributed by atoms with Crippen molar-refractivity contribution in [3.05, 3.63) is 17.0 Å². The van der Waals surface area contributed by atoms with Crippen LogP contribution in [-0.4, -0.2) is 46.9 Å². The average Bonchev–Trinajstić information content (AvgIpc) is 2.90. The second-order valence-electron chi connectivity index (χ2n) is 4.89. The molecule has 1 amide bonds. The molecule has 0 saturated carbocycles. The van der Waals surface area contributed by atoms with Gasteiger partial charge in [0.05, 0.1) is 19.8 Å². The van der Waals surface area contributed by atoms with Gasteiger partial charge in [-0.3, -0.25) is 5.10 Å². The molecule has 0 bridgehead atoms. The van der Waals surface area contributed by atoms with Crippen LogP contribution in [0.1, 0.15) is 48.4 Å². The second-order valence-corrected chi connectivity index (χ2v) is 4.89. The summed E-state index contributed by atoms with van der Waals surface area (Å²) in [5.41, 5.74) is 1.88. The lowest BCUT2D eigenvalue weighted by Crippen LogP contribution is -2.36. The van der Waals surface area contributed by atoms with E-state index in [1.165, 1.54) is 0 Å². The fourth-order valence-corrected chi connectivity index (χ4v) is 2.21. The highest BCUT2D eigenvalue weighted by Gasteiger charge is 2.28. The van der Waals surface area contributed by atoms with Gasteiger partial charge in [-0.25, -0.2) is 9.59 Å². The predicted molar refractivity (Wildman–Crippen MR) is 74.9 cm³/mol. The Kier molecular flexibility index (Phi) is 5.19. The van der Waals surface area contributed by atoms with Crippen LogP contribution in [0.5, 0.6) is 0 Å². The molecule has 1 aliphatic rings. The summed E-state index contributed by atoms with van der Waals surface area (Å²) in [5, 5.41) is 6.85. The van der Waals surface area contributed by atoms with E-state index in [0.29, 0.717) is 32.7 Å². The Labute approximate surface area is 123 Å². The highest BCUT2D eigenvalue weighted by Crippen LogP contribution is 2.21. The van der Waals surface area contributed by atoms with Crippen LogP contribution in [0.4, 0.5) is 4.79 Å². The summed E-state index contributed by atoms with van der Waals surface area (Å²) in [4.78, 5) is 25.4. The molecule has 0 aliphatic carbocycles. The lowest BCUT2D eigenvalue weighted by Gasteiger charge is -2.26. The van der Waals surface area contributed by atoms with Crippen molar-refractivity contribution in [2.24, 2.45) is 0 Å². The van der Waals surface area contributed by atoms with Gasteiger partial charge in [0, 0.05) is 24.2 Å². The first-order chi connectivity index (χ1) is 10.2. The molecule has 2 heterocycles. The van der Waals surface area contributed by atoms with Crippen LogP contribution in [0.2, 0.25) is 0 Å². The molecular weight excluding hydrogens is 274 g/mol. The Bertz CT molecular complexity index is 512. The molecule has 1 N–H and O–H groups in total. The molecule has 116 valence electrons. The molecule has 7 nitrogen and oxygen atoms in total. The van der Waals surface area contributed by atoms with Crippen LogP contribution < -0.4 is 0 Å². The number of amides is 1. The molecule has 0 spiro atoms. The van der Waals surface area contributed by atoms with E-state index < -0.39 is 5.97 Å². The summed E-state index contributed by atoms with van der Waals surface area (Å²) in [6.07, 6.45) is 2.12. The van der Waals surface area contributed by atoms with E-state index in [-0.39, 0.29) is 11.8 Å². The summed E-state index contributed by atoms with van der Waals surface area (Å²) in [6.45, 7) is 5.39. The normalized spacial score (nSPS) is 13.7. The number of ether oxygens (including phenoxy) is 2. The van der Waals surface area contributed by atoms with Gasteiger partial charge in [0.15, 0.2) is 5.69 Å². The number of fused-ring (bicyclic) bond motifs is 1. The van der Waals surface area contributed by atoms with Gasteiger partial charge in [-0.2, -0.15) is 5.10 Å². The average molecular weight is 295 g/mol. The summed E-state index contributed by atoms with van der Waals surface area (Å²) >= 11 is 0. The fraction of sp³-hybridized carbons (Fsp3) is 0.643. The van der Waals surface area contributed by atoms with Gasteiger partial charge in [0.1, 0.15) is 0 Å². The molecule has 1 aromatic rings. The van der Waals surface area contributed by atoms with E-state index >= 15 is 0 Å². The Hall–Kier alpha value is -2.05. The number of nitrogens with one attached hydrogen (secondary N) is 1. The molecule has 1 aliphatic heterocycles. The van der Waals surface area contributed by atoms with Gasteiger partial charge < -0.3 is 14.4 Å². The molecule has 1 aromatic heterocycles. The summed E-state index contributed by atoms with van der Waals surface area (Å²) in [6, 6.07) is 0. The van der Waals surface area contributed by atoms with E-state index in [0.717, 1.165) is 24.1 Å². The second kappa shape index (κ2) is 7.10. The molecule has 0 fully saturated rings. The minimum absolute atomic E-state index is 0.262. The van der Waals surface area contributed by atoms with Crippen LogP contribution in [-0.2, 0) is 22.4 Å². The number of nitrogens with zero attached hydrogens (tertiary/aromatic N) is 2. The Balaban J connectivity index is 2.03. The number of carbonyl (C=O) groups excluding carboxylic acids is 2. The maximum Gasteiger partial charge on any atom is 0.410 e. The monoisotopic (exact) mass is 295 g/mol. The van der Waals surface area contributed by atoms with E-state index in [9.17, 15) is 9.59 Å². The Morgan fingerprint density at radius 3 is 2.86 bits per heavy atom. The fourth-order valence-electron chi connectivity index (χ4n) is 2.21. The maximum absolute atomic E-state index is 12.0. The van der Waals surface area contributed by atoms with Gasteiger partial charge in [0.2, 0.25) is 0 Å². The van der Waals surface area contributed by atoms with Crippen molar-refractivity contribution in [1.29, 1.82) is 0 Å². The van der Waals surface area contributed by atoms with Crippen LogP contribution in [0.15, 0.2) is 0 Å². The van der Waals surface area contributed by atoms with Crippen LogP contribution in [0, 0.1) is 0 Å². The molecule has 21 heavy (non-hydrogen) atoms. The molecule has 0 saturated heterocycles. The van der Waals surface area contributed by atoms with Gasteiger partial charge in [0.25, 0.3) is 0 Å². The molecule has 0 aromatic carbocycles. The Morgan fingerprint density at radius 1 is 1.33 bits per heavy atom. The lowest BCUT2D eigenvalue weighted by atomic mass is 10.1. The SMILES string of the molecule is CCCCOC(=O)N1CCc2[nH]nc(C(=O)OCC)c2C1. The zero-order valence-corrected chi connectivity index (χ0v) is 12.5. The first kappa shape index (κ1) is 15.3. The number of aromatic nitrogens is 2. The minimum atomic E-state index is -0.462. The zero-order chi connectivity index (χ0) is 15.2. The summed E-state index contributed by atoms with van der Waals surface area (Å²) in [5.74, 6) is -0.462. The molecule has 0 radical (unpaired) electrons. The van der Waals surface area contributed by atoms with E-state index in [2.05, 4.69) is 10.2 Å². The molecule has 0 atom stereocenters. The number of carbonyl (C=O) groups is 2. The smallest absolute Gasteiger partial charge is 0.410 e. The molecule has 7 heteroatoms. The number of esters is 1. The van der Waals surface area contributed by atoms with Crippen molar-refractivity contribution < 1.29 is 19.1 Å². The largest absolute Gasteiger partial charge is 0.461 e. The highest BCUT2D eigenvalue weighted by molar-refractivity contribution is 5.89. The number of unbranched alkanes of at least 4 members (excludes halogenated alkanes) is 1. The van der Waals surface area contributed by atoms with Crippen molar-refractivity contribution in [2.75, 3.05) is 19.8 Å². The van der Waals surface area contributed by atoms with Crippen LogP contribution in [0.3, 0.4) is 0 Å². The van der Waals surface area contributed by atoms with Crippen molar-refractivity contribution in [3.8, 4) is 0 Å². The molecule has 0 unspecified atom stereocenters. The van der Waals surface area contributed by atoms with Gasteiger partial charge >= 0.3 is 12.1 Å². The van der Waals surface area contributed by atoms with Crippen molar-refractivity contribution in [2.45, 2.75) is 39.7 Å². The highest BCUT2D eigenvalue weighted by atomic mass is 16.6. The van der Waals surface area contributed by atoms with Gasteiger partial charge in [-0.15, -0.1) is 0 Å². The van der Waals surface area contributed by atoms with Crippen molar-refractivity contribution in [3.63, 3.8) is 0 Å². The van der Waals surface area contributed by atoms with Gasteiger partial charge in [-0.05, 0) is 13.3 Å². The third-order valence-electron chi connectivity index (χ3n) is 3.38. The van der Waals surface area contributed by atoms with E-state index in [4.69, 9.17) is 9.47 Å². The number of hydrogen-bond donors (Lipinski definition) is 1. The number of H-pyrrole nitrogens is 1. The first-order valence-corrected chi connectivity index (χ1v) is 7.32. The van der Waals surface area contributed by atoms with Gasteiger partial charge in [-0.1, -0.05) is 13.3 Å².